The Morgan fingerprint density at radius 1 is 1.53 bits per heavy atom. The van der Waals surface area contributed by atoms with Gasteiger partial charge in [0.25, 0.3) is 0 Å². The number of rotatable bonds is 3. The molecule has 0 spiro atoms. The van der Waals surface area contributed by atoms with Crippen LogP contribution in [0.1, 0.15) is 0 Å². The topological polar surface area (TPSA) is 66.8 Å². The molecule has 1 N–H and O–H groups in total. The lowest BCUT2D eigenvalue weighted by Gasteiger charge is -2.31. The van der Waals surface area contributed by atoms with Crippen molar-refractivity contribution in [1.29, 1.82) is 0 Å². The summed E-state index contributed by atoms with van der Waals surface area (Å²) in [5, 5.41) is 9.24. The number of halogens is 2. The predicted octanol–water partition coefficient (Wildman–Crippen LogP) is 1.48. The smallest absolute Gasteiger partial charge is 0.245 e. The van der Waals surface area contributed by atoms with Gasteiger partial charge in [-0.2, -0.15) is 4.31 Å². The first kappa shape index (κ1) is 15.2. The number of hydrogen-bond acceptors (Lipinski definition) is 4. The predicted molar refractivity (Wildman–Crippen MR) is 74.7 cm³/mol. The first-order valence-electron chi connectivity index (χ1n) is 5.63. The van der Waals surface area contributed by atoms with Gasteiger partial charge in [0.15, 0.2) is 0 Å². The third kappa shape index (κ3) is 3.12. The molecule has 5 nitrogen and oxygen atoms in total. The summed E-state index contributed by atoms with van der Waals surface area (Å²) in [5.74, 6) is 0. The van der Waals surface area contributed by atoms with E-state index < -0.39 is 16.1 Å². The number of sulfonamides is 1. The molecule has 0 amide bonds. The van der Waals surface area contributed by atoms with Crippen LogP contribution in [0.3, 0.4) is 0 Å². The highest BCUT2D eigenvalue weighted by Gasteiger charge is 2.33. The molecule has 1 fully saturated rings. The molecule has 19 heavy (non-hydrogen) atoms. The van der Waals surface area contributed by atoms with E-state index in [0.29, 0.717) is 4.47 Å². The average molecular weight is 371 g/mol. The van der Waals surface area contributed by atoms with Crippen LogP contribution >= 0.6 is 27.5 Å². The molecule has 8 heteroatoms. The zero-order chi connectivity index (χ0) is 14.0. The normalized spacial score (nSPS) is 21.5. The maximum Gasteiger partial charge on any atom is 0.245 e. The number of nitrogens with zero attached hydrogens (tertiary/aromatic N) is 1. The van der Waals surface area contributed by atoms with Gasteiger partial charge in [-0.15, -0.1) is 0 Å². The van der Waals surface area contributed by atoms with Crippen molar-refractivity contribution in [3.63, 3.8) is 0 Å². The molecule has 0 radical (unpaired) electrons. The standard InChI is InChI=1S/C11H13BrClNO4S/c12-9-2-1-3-10(13)11(9)19(16,17)14-4-5-18-8(6-14)7-15/h1-3,8,15H,4-7H2. The molecule has 0 aliphatic carbocycles. The molecular formula is C11H13BrClNO4S. The van der Waals surface area contributed by atoms with Crippen LogP contribution in [0.25, 0.3) is 0 Å². The van der Waals surface area contributed by atoms with Crippen molar-refractivity contribution in [1.82, 2.24) is 4.31 Å². The van der Waals surface area contributed by atoms with Gasteiger partial charge in [0.2, 0.25) is 10.0 Å². The summed E-state index contributed by atoms with van der Waals surface area (Å²) in [6, 6.07) is 4.83. The van der Waals surface area contributed by atoms with Gasteiger partial charge < -0.3 is 9.84 Å². The highest BCUT2D eigenvalue weighted by Crippen LogP contribution is 2.32. The fourth-order valence-electron chi connectivity index (χ4n) is 1.88. The third-order valence-corrected chi connectivity index (χ3v) is 6.14. The van der Waals surface area contributed by atoms with E-state index in [-0.39, 0.29) is 36.2 Å². The maximum absolute atomic E-state index is 12.6. The fraction of sp³-hybridized carbons (Fsp3) is 0.455. The van der Waals surface area contributed by atoms with Gasteiger partial charge in [0.1, 0.15) is 4.90 Å². The Kier molecular flexibility index (Phi) is 4.86. The quantitative estimate of drug-likeness (QED) is 0.875. The first-order valence-corrected chi connectivity index (χ1v) is 8.24. The molecule has 1 atom stereocenters. The summed E-state index contributed by atoms with van der Waals surface area (Å²) in [7, 11) is -3.70. The molecule has 1 saturated heterocycles. The van der Waals surface area contributed by atoms with Crippen LogP contribution in [0.4, 0.5) is 0 Å². The molecule has 0 bridgehead atoms. The van der Waals surface area contributed by atoms with Crippen LogP contribution in [-0.2, 0) is 14.8 Å². The summed E-state index contributed by atoms with van der Waals surface area (Å²) < 4.78 is 32.1. The van der Waals surface area contributed by atoms with E-state index in [1.54, 1.807) is 12.1 Å². The second-order valence-electron chi connectivity index (χ2n) is 4.09. The molecule has 1 heterocycles. The number of aliphatic hydroxyl groups is 1. The monoisotopic (exact) mass is 369 g/mol. The van der Waals surface area contributed by atoms with Crippen molar-refractivity contribution in [3.05, 3.63) is 27.7 Å². The number of benzene rings is 1. The maximum atomic E-state index is 12.6. The highest BCUT2D eigenvalue weighted by atomic mass is 79.9. The number of morpholine rings is 1. The molecule has 1 aliphatic heterocycles. The fourth-order valence-corrected chi connectivity index (χ4v) is 5.00. The Bertz CT molecular complexity index is 546. The van der Waals surface area contributed by atoms with E-state index in [9.17, 15) is 8.42 Å². The van der Waals surface area contributed by atoms with Gasteiger partial charge in [0.05, 0.1) is 24.3 Å². The van der Waals surface area contributed by atoms with E-state index in [4.69, 9.17) is 21.4 Å². The Morgan fingerprint density at radius 2 is 2.26 bits per heavy atom. The number of hydrogen-bond donors (Lipinski definition) is 1. The van der Waals surface area contributed by atoms with E-state index in [2.05, 4.69) is 15.9 Å². The molecule has 0 aromatic heterocycles. The van der Waals surface area contributed by atoms with Gasteiger partial charge in [-0.05, 0) is 28.1 Å². The summed E-state index contributed by atoms with van der Waals surface area (Å²) in [6.45, 7) is 0.412. The second kappa shape index (κ2) is 6.07. The van der Waals surface area contributed by atoms with Crippen LogP contribution in [0.5, 0.6) is 0 Å². The van der Waals surface area contributed by atoms with Crippen molar-refractivity contribution in [2.45, 2.75) is 11.0 Å². The minimum Gasteiger partial charge on any atom is -0.394 e. The molecular weight excluding hydrogens is 358 g/mol. The highest BCUT2D eigenvalue weighted by molar-refractivity contribution is 9.10. The lowest BCUT2D eigenvalue weighted by Crippen LogP contribution is -2.46. The molecule has 1 unspecified atom stereocenters. The molecule has 1 aliphatic rings. The molecule has 1 aromatic carbocycles. The van der Waals surface area contributed by atoms with Crippen LogP contribution in [0.2, 0.25) is 5.02 Å². The Morgan fingerprint density at radius 3 is 2.89 bits per heavy atom. The van der Waals surface area contributed by atoms with Crippen LogP contribution in [-0.4, -0.2) is 50.2 Å². The van der Waals surface area contributed by atoms with Crippen LogP contribution in [0, 0.1) is 0 Å². The lowest BCUT2D eigenvalue weighted by molar-refractivity contribution is -0.0304. The van der Waals surface area contributed by atoms with Crippen molar-refractivity contribution in [2.75, 3.05) is 26.3 Å². The molecule has 106 valence electrons. The number of ether oxygens (including phenoxy) is 1. The van der Waals surface area contributed by atoms with Crippen LogP contribution < -0.4 is 0 Å². The van der Waals surface area contributed by atoms with Gasteiger partial charge in [-0.3, -0.25) is 0 Å². The Labute approximate surface area is 125 Å². The van der Waals surface area contributed by atoms with E-state index in [0.717, 1.165) is 0 Å². The Balaban J connectivity index is 2.37. The van der Waals surface area contributed by atoms with Gasteiger partial charge in [-0.25, -0.2) is 8.42 Å². The average Bonchev–Trinajstić information content (AvgIpc) is 2.38. The zero-order valence-corrected chi connectivity index (χ0v) is 13.1. The van der Waals surface area contributed by atoms with E-state index in [1.807, 2.05) is 0 Å². The van der Waals surface area contributed by atoms with Gasteiger partial charge >= 0.3 is 0 Å². The van der Waals surface area contributed by atoms with Crippen molar-refractivity contribution >= 4 is 37.6 Å². The zero-order valence-electron chi connectivity index (χ0n) is 9.92. The Hall–Kier alpha value is -0.180. The number of aliphatic hydroxyl groups excluding tert-OH is 1. The lowest BCUT2D eigenvalue weighted by atomic mass is 10.3. The third-order valence-electron chi connectivity index (χ3n) is 2.82. The van der Waals surface area contributed by atoms with Gasteiger partial charge in [-0.1, -0.05) is 17.7 Å². The second-order valence-corrected chi connectivity index (χ2v) is 7.23. The van der Waals surface area contributed by atoms with Crippen LogP contribution in [0.15, 0.2) is 27.6 Å². The molecule has 1 aromatic rings. The van der Waals surface area contributed by atoms with E-state index in [1.165, 1.54) is 10.4 Å². The van der Waals surface area contributed by atoms with Crippen molar-refractivity contribution < 1.29 is 18.3 Å². The SMILES string of the molecule is O=S(=O)(c1c(Cl)cccc1Br)N1CCOC(CO)C1. The minimum absolute atomic E-state index is 0.0512. The molecule has 2 rings (SSSR count). The summed E-state index contributed by atoms with van der Waals surface area (Å²) in [6.07, 6.45) is -0.496. The first-order chi connectivity index (χ1) is 8.96. The summed E-state index contributed by atoms with van der Waals surface area (Å²) >= 11 is 9.20. The van der Waals surface area contributed by atoms with Crippen molar-refractivity contribution in [3.8, 4) is 0 Å². The minimum atomic E-state index is -3.70. The summed E-state index contributed by atoms with van der Waals surface area (Å²) in [5.41, 5.74) is 0. The van der Waals surface area contributed by atoms with Crippen molar-refractivity contribution in [2.24, 2.45) is 0 Å². The van der Waals surface area contributed by atoms with E-state index >= 15 is 0 Å². The summed E-state index contributed by atoms with van der Waals surface area (Å²) in [4.78, 5) is 0.0512. The molecule has 0 saturated carbocycles. The van der Waals surface area contributed by atoms with Gasteiger partial charge in [0, 0.05) is 17.6 Å². The largest absolute Gasteiger partial charge is 0.394 e.